The van der Waals surface area contributed by atoms with Gasteiger partial charge in [-0.3, -0.25) is 4.79 Å². The van der Waals surface area contributed by atoms with Crippen LogP contribution in [-0.4, -0.2) is 33.7 Å². The molecule has 0 N–H and O–H groups in total. The summed E-state index contributed by atoms with van der Waals surface area (Å²) in [6.07, 6.45) is -4.11. The Morgan fingerprint density at radius 2 is 1.64 bits per heavy atom. The number of rotatable bonds is 5. The van der Waals surface area contributed by atoms with E-state index >= 15 is 0 Å². The summed E-state index contributed by atoms with van der Waals surface area (Å²) in [4.78, 5) is 14.5. The third-order valence-electron chi connectivity index (χ3n) is 4.69. The van der Waals surface area contributed by atoms with Gasteiger partial charge < -0.3 is 19.1 Å². The fraction of sp³-hybridized carbons (Fsp3) is 0.350. The number of ether oxygens (including phenoxy) is 3. The van der Waals surface area contributed by atoms with Crippen LogP contribution in [0.3, 0.4) is 0 Å². The van der Waals surface area contributed by atoms with Crippen LogP contribution in [0.2, 0.25) is 0 Å². The van der Waals surface area contributed by atoms with Gasteiger partial charge in [0.15, 0.2) is 17.3 Å². The lowest BCUT2D eigenvalue weighted by Gasteiger charge is -2.32. The van der Waals surface area contributed by atoms with E-state index in [0.29, 0.717) is 47.2 Å². The first-order chi connectivity index (χ1) is 13.3. The molecular formula is C20H20F3NO4. The molecule has 0 saturated heterocycles. The monoisotopic (exact) mass is 395 g/mol. The molecule has 0 saturated carbocycles. The number of carbonyl (C=O) groups excluding carboxylic acids is 1. The Balaban J connectivity index is 2.00. The zero-order valence-corrected chi connectivity index (χ0v) is 15.7. The molecule has 0 atom stereocenters. The zero-order valence-electron chi connectivity index (χ0n) is 15.7. The molecule has 8 heteroatoms. The number of ketones is 1. The lowest BCUT2D eigenvalue weighted by molar-refractivity contribution is -0.137. The van der Waals surface area contributed by atoms with Crippen molar-refractivity contribution in [3.05, 3.63) is 47.0 Å². The summed E-state index contributed by atoms with van der Waals surface area (Å²) < 4.78 is 54.4. The summed E-state index contributed by atoms with van der Waals surface area (Å²) in [6, 6.07) is 6.69. The Hall–Kier alpha value is -2.90. The van der Waals surface area contributed by atoms with Crippen molar-refractivity contribution in [2.45, 2.75) is 19.1 Å². The maximum atomic E-state index is 12.8. The summed E-state index contributed by atoms with van der Waals surface area (Å²) in [6.45, 7) is 0.780. The summed E-state index contributed by atoms with van der Waals surface area (Å²) in [5.74, 6) is 0.939. The molecule has 2 aromatic rings. The first-order valence-electron chi connectivity index (χ1n) is 8.57. The molecule has 0 aromatic heterocycles. The number of fused-ring (bicyclic) bond motifs is 1. The van der Waals surface area contributed by atoms with E-state index in [1.54, 1.807) is 6.07 Å². The lowest BCUT2D eigenvalue weighted by Crippen LogP contribution is -2.32. The number of benzene rings is 2. The van der Waals surface area contributed by atoms with Crippen molar-refractivity contribution in [1.29, 1.82) is 0 Å². The SMILES string of the molecule is COc1cc2c(c(OC)c1OC)C(=O)CCN2Cc1ccc(C(F)(F)F)cc1. The van der Waals surface area contributed by atoms with Crippen LogP contribution < -0.4 is 19.1 Å². The second-order valence-electron chi connectivity index (χ2n) is 6.33. The smallest absolute Gasteiger partial charge is 0.416 e. The Kier molecular flexibility index (Phi) is 5.40. The second-order valence-corrected chi connectivity index (χ2v) is 6.33. The van der Waals surface area contributed by atoms with Gasteiger partial charge in [-0.1, -0.05) is 12.1 Å². The molecule has 0 fully saturated rings. The minimum absolute atomic E-state index is 0.0866. The van der Waals surface area contributed by atoms with Crippen LogP contribution in [0.25, 0.3) is 0 Å². The summed E-state index contributed by atoms with van der Waals surface area (Å²) >= 11 is 0. The highest BCUT2D eigenvalue weighted by Crippen LogP contribution is 2.47. The largest absolute Gasteiger partial charge is 0.493 e. The molecule has 0 spiro atoms. The van der Waals surface area contributed by atoms with Crippen molar-refractivity contribution in [2.24, 2.45) is 0 Å². The Morgan fingerprint density at radius 1 is 1.00 bits per heavy atom. The van der Waals surface area contributed by atoms with E-state index < -0.39 is 11.7 Å². The van der Waals surface area contributed by atoms with Gasteiger partial charge in [0.1, 0.15) is 0 Å². The molecule has 5 nitrogen and oxygen atoms in total. The minimum atomic E-state index is -4.38. The van der Waals surface area contributed by atoms with Crippen LogP contribution in [0.5, 0.6) is 17.2 Å². The molecule has 0 radical (unpaired) electrons. The van der Waals surface area contributed by atoms with Gasteiger partial charge in [0.05, 0.1) is 38.1 Å². The number of carbonyl (C=O) groups is 1. The molecule has 2 aromatic carbocycles. The first-order valence-corrected chi connectivity index (χ1v) is 8.57. The fourth-order valence-electron chi connectivity index (χ4n) is 3.33. The van der Waals surface area contributed by atoms with Gasteiger partial charge in [0.2, 0.25) is 5.75 Å². The van der Waals surface area contributed by atoms with Crippen molar-refractivity contribution in [3.63, 3.8) is 0 Å². The molecule has 0 unspecified atom stereocenters. The van der Waals surface area contributed by atoms with Gasteiger partial charge in [0.25, 0.3) is 0 Å². The van der Waals surface area contributed by atoms with Gasteiger partial charge >= 0.3 is 6.18 Å². The molecule has 1 aliphatic heterocycles. The summed E-state index contributed by atoms with van der Waals surface area (Å²) in [5, 5.41) is 0. The Bertz CT molecular complexity index is 879. The van der Waals surface area contributed by atoms with Crippen LogP contribution in [-0.2, 0) is 12.7 Å². The maximum absolute atomic E-state index is 12.8. The first kappa shape index (κ1) is 19.9. The van der Waals surface area contributed by atoms with Crippen LogP contribution in [0, 0.1) is 0 Å². The highest BCUT2D eigenvalue weighted by Gasteiger charge is 2.32. The number of hydrogen-bond donors (Lipinski definition) is 0. The lowest BCUT2D eigenvalue weighted by atomic mass is 9.97. The van der Waals surface area contributed by atoms with E-state index in [4.69, 9.17) is 14.2 Å². The predicted octanol–water partition coefficient (Wildman–Crippen LogP) is 4.32. The summed E-state index contributed by atoms with van der Waals surface area (Å²) in [5.41, 5.74) is 0.990. The topological polar surface area (TPSA) is 48.0 Å². The van der Waals surface area contributed by atoms with Crippen LogP contribution in [0.1, 0.15) is 27.9 Å². The van der Waals surface area contributed by atoms with E-state index in [9.17, 15) is 18.0 Å². The van der Waals surface area contributed by atoms with E-state index in [1.807, 2.05) is 4.90 Å². The maximum Gasteiger partial charge on any atom is 0.416 e. The van der Waals surface area contributed by atoms with Crippen LogP contribution in [0.15, 0.2) is 30.3 Å². The van der Waals surface area contributed by atoms with Crippen LogP contribution in [0.4, 0.5) is 18.9 Å². The molecule has 1 aliphatic rings. The average molecular weight is 395 g/mol. The van der Waals surface area contributed by atoms with E-state index in [2.05, 4.69) is 0 Å². The number of anilines is 1. The highest BCUT2D eigenvalue weighted by molar-refractivity contribution is 6.07. The van der Waals surface area contributed by atoms with Gasteiger partial charge in [-0.2, -0.15) is 13.2 Å². The van der Waals surface area contributed by atoms with Crippen LogP contribution >= 0.6 is 0 Å². The van der Waals surface area contributed by atoms with Gasteiger partial charge in [-0.05, 0) is 17.7 Å². The highest BCUT2D eigenvalue weighted by atomic mass is 19.4. The average Bonchev–Trinajstić information content (AvgIpc) is 2.68. The minimum Gasteiger partial charge on any atom is -0.493 e. The number of alkyl halides is 3. The van der Waals surface area contributed by atoms with Crippen molar-refractivity contribution in [1.82, 2.24) is 0 Å². The third-order valence-corrected chi connectivity index (χ3v) is 4.69. The predicted molar refractivity (Wildman–Crippen MR) is 97.5 cm³/mol. The molecule has 0 bridgehead atoms. The second kappa shape index (κ2) is 7.61. The Labute approximate surface area is 160 Å². The van der Waals surface area contributed by atoms with E-state index in [-0.39, 0.29) is 12.2 Å². The van der Waals surface area contributed by atoms with Crippen molar-refractivity contribution >= 4 is 11.5 Å². The quantitative estimate of drug-likeness (QED) is 0.755. The van der Waals surface area contributed by atoms with Crippen molar-refractivity contribution in [2.75, 3.05) is 32.8 Å². The van der Waals surface area contributed by atoms with Gasteiger partial charge in [0, 0.05) is 25.6 Å². The Morgan fingerprint density at radius 3 is 2.18 bits per heavy atom. The fourth-order valence-corrected chi connectivity index (χ4v) is 3.33. The molecular weight excluding hydrogens is 375 g/mol. The number of hydrogen-bond acceptors (Lipinski definition) is 5. The number of halogens is 3. The van der Waals surface area contributed by atoms with E-state index in [1.165, 1.54) is 33.5 Å². The third kappa shape index (κ3) is 3.58. The van der Waals surface area contributed by atoms with Crippen molar-refractivity contribution in [3.8, 4) is 17.2 Å². The van der Waals surface area contributed by atoms with E-state index in [0.717, 1.165) is 12.1 Å². The molecule has 28 heavy (non-hydrogen) atoms. The molecule has 150 valence electrons. The zero-order chi connectivity index (χ0) is 20.5. The molecule has 0 amide bonds. The standard InChI is InChI=1S/C20H20F3NO4/c1-26-16-10-14-17(19(28-3)18(16)27-2)15(25)8-9-24(14)11-12-4-6-13(7-5-12)20(21,22)23/h4-7,10H,8-9,11H2,1-3H3. The number of nitrogens with zero attached hydrogens (tertiary/aromatic N) is 1. The van der Waals surface area contributed by atoms with Gasteiger partial charge in [-0.15, -0.1) is 0 Å². The molecule has 3 rings (SSSR count). The number of Topliss-reactive ketones (excluding diaryl/α,β-unsaturated/α-hetero) is 1. The normalized spacial score (nSPS) is 13.9. The van der Waals surface area contributed by atoms with Crippen molar-refractivity contribution < 1.29 is 32.2 Å². The summed E-state index contributed by atoms with van der Waals surface area (Å²) in [7, 11) is 4.38. The number of methoxy groups -OCH3 is 3. The van der Waals surface area contributed by atoms with Gasteiger partial charge in [-0.25, -0.2) is 0 Å². The molecule has 0 aliphatic carbocycles. The molecule has 1 heterocycles.